The van der Waals surface area contributed by atoms with E-state index in [1.165, 1.54) is 0 Å². The molecule has 1 aliphatic heterocycles. The molecular weight excluding hydrogens is 268 g/mol. The van der Waals surface area contributed by atoms with Gasteiger partial charge in [0, 0.05) is 12.2 Å². The minimum atomic E-state index is -0.370. The van der Waals surface area contributed by atoms with E-state index in [2.05, 4.69) is 24.3 Å². The molecule has 0 bridgehead atoms. The van der Waals surface area contributed by atoms with Crippen LogP contribution in [0.1, 0.15) is 51.8 Å². The molecule has 0 radical (unpaired) electrons. The zero-order chi connectivity index (χ0) is 15.4. The van der Waals surface area contributed by atoms with Gasteiger partial charge in [0.1, 0.15) is 6.04 Å². The predicted molar refractivity (Wildman–Crippen MR) is 79.5 cm³/mol. The minimum absolute atomic E-state index is 0.0360. The number of nitrogens with one attached hydrogen (secondary N) is 1. The van der Waals surface area contributed by atoms with E-state index in [-0.39, 0.29) is 24.4 Å². The molecule has 6 nitrogen and oxygen atoms in total. The lowest BCUT2D eigenvalue weighted by Crippen LogP contribution is -2.57. The van der Waals surface area contributed by atoms with Gasteiger partial charge >= 0.3 is 0 Å². The lowest BCUT2D eigenvalue weighted by molar-refractivity contribution is -0.146. The van der Waals surface area contributed by atoms with Gasteiger partial charge < -0.3 is 10.2 Å². The number of amides is 2. The van der Waals surface area contributed by atoms with Gasteiger partial charge in [-0.05, 0) is 25.8 Å². The monoisotopic (exact) mass is 292 g/mol. The van der Waals surface area contributed by atoms with Crippen molar-refractivity contribution in [3.63, 3.8) is 0 Å². The average Bonchev–Trinajstić information content (AvgIpc) is 2.94. The van der Waals surface area contributed by atoms with Gasteiger partial charge in [0.2, 0.25) is 11.8 Å². The number of carbonyl (C=O) groups excluding carboxylic acids is 2. The summed E-state index contributed by atoms with van der Waals surface area (Å²) in [5.74, 6) is -0.0936. The van der Waals surface area contributed by atoms with Gasteiger partial charge in [-0.25, -0.2) is 0 Å². The maximum atomic E-state index is 12.1. The van der Waals surface area contributed by atoms with E-state index in [4.69, 9.17) is 0 Å². The van der Waals surface area contributed by atoms with Gasteiger partial charge in [-0.15, -0.1) is 0 Å². The Kier molecular flexibility index (Phi) is 4.98. The van der Waals surface area contributed by atoms with Crippen molar-refractivity contribution < 1.29 is 9.59 Å². The van der Waals surface area contributed by atoms with Crippen LogP contribution in [0, 0.1) is 0 Å². The molecule has 1 fully saturated rings. The first-order valence-electron chi connectivity index (χ1n) is 7.68. The Morgan fingerprint density at radius 2 is 2.19 bits per heavy atom. The second-order valence-electron chi connectivity index (χ2n) is 5.59. The second-order valence-corrected chi connectivity index (χ2v) is 5.59. The van der Waals surface area contributed by atoms with Crippen LogP contribution in [0.25, 0.3) is 0 Å². The van der Waals surface area contributed by atoms with Gasteiger partial charge in [0.15, 0.2) is 0 Å². The number of hydrogen-bond donors (Lipinski definition) is 1. The zero-order valence-electron chi connectivity index (χ0n) is 13.0. The maximum Gasteiger partial charge on any atom is 0.243 e. The van der Waals surface area contributed by atoms with E-state index in [9.17, 15) is 9.59 Å². The molecule has 6 heteroatoms. The van der Waals surface area contributed by atoms with E-state index < -0.39 is 0 Å². The Hall–Kier alpha value is -1.85. The number of aromatic nitrogens is 2. The molecule has 0 aliphatic carbocycles. The smallest absolute Gasteiger partial charge is 0.243 e. The fraction of sp³-hybridized carbons (Fsp3) is 0.667. The van der Waals surface area contributed by atoms with Crippen molar-refractivity contribution in [3.05, 3.63) is 18.0 Å². The summed E-state index contributed by atoms with van der Waals surface area (Å²) in [6.07, 6.45) is 4.49. The van der Waals surface area contributed by atoms with Crippen LogP contribution in [0.3, 0.4) is 0 Å². The fourth-order valence-corrected chi connectivity index (χ4v) is 2.52. The first-order chi connectivity index (χ1) is 10.1. The van der Waals surface area contributed by atoms with Gasteiger partial charge in [-0.2, -0.15) is 5.10 Å². The molecule has 1 aromatic rings. The first kappa shape index (κ1) is 15.5. The van der Waals surface area contributed by atoms with E-state index in [0.717, 1.165) is 18.5 Å². The first-order valence-corrected chi connectivity index (χ1v) is 7.68. The van der Waals surface area contributed by atoms with E-state index in [1.54, 1.807) is 4.90 Å². The topological polar surface area (TPSA) is 67.2 Å². The predicted octanol–water partition coefficient (Wildman–Crippen LogP) is 1.48. The molecule has 2 atom stereocenters. The average molecular weight is 292 g/mol. The third-order valence-electron chi connectivity index (χ3n) is 4.01. The lowest BCUT2D eigenvalue weighted by Gasteiger charge is -2.34. The molecule has 116 valence electrons. The van der Waals surface area contributed by atoms with Crippen molar-refractivity contribution in [2.24, 2.45) is 0 Å². The zero-order valence-corrected chi connectivity index (χ0v) is 13.0. The summed E-state index contributed by atoms with van der Waals surface area (Å²) in [4.78, 5) is 25.7. The Labute approximate surface area is 125 Å². The van der Waals surface area contributed by atoms with Crippen molar-refractivity contribution in [3.8, 4) is 0 Å². The molecule has 0 aromatic carbocycles. The minimum Gasteiger partial charge on any atom is -0.345 e. The molecule has 2 rings (SSSR count). The van der Waals surface area contributed by atoms with Crippen molar-refractivity contribution in [1.82, 2.24) is 20.0 Å². The van der Waals surface area contributed by atoms with E-state index >= 15 is 0 Å². The number of piperazine rings is 1. The number of rotatable bonds is 6. The highest BCUT2D eigenvalue weighted by Gasteiger charge is 2.33. The van der Waals surface area contributed by atoms with Crippen molar-refractivity contribution in [2.75, 3.05) is 6.54 Å². The third kappa shape index (κ3) is 3.43. The second kappa shape index (κ2) is 6.74. The van der Waals surface area contributed by atoms with Gasteiger partial charge in [-0.1, -0.05) is 20.3 Å². The molecular formula is C15H24N4O2. The Bertz CT molecular complexity index is 512. The maximum absolute atomic E-state index is 12.1. The number of nitrogens with zero attached hydrogens (tertiary/aromatic N) is 3. The van der Waals surface area contributed by atoms with Crippen LogP contribution < -0.4 is 5.32 Å². The summed E-state index contributed by atoms with van der Waals surface area (Å²) < 4.78 is 1.92. The summed E-state index contributed by atoms with van der Waals surface area (Å²) in [7, 11) is 0. The van der Waals surface area contributed by atoms with Crippen LogP contribution in [-0.2, 0) is 16.1 Å². The van der Waals surface area contributed by atoms with Gasteiger partial charge in [-0.3, -0.25) is 14.3 Å². The number of hydrogen-bond acceptors (Lipinski definition) is 3. The van der Waals surface area contributed by atoms with Crippen LogP contribution in [0.4, 0.5) is 0 Å². The molecule has 21 heavy (non-hydrogen) atoms. The molecule has 2 unspecified atom stereocenters. The summed E-state index contributed by atoms with van der Waals surface area (Å²) >= 11 is 0. The van der Waals surface area contributed by atoms with Gasteiger partial charge in [0.25, 0.3) is 0 Å². The standard InChI is InChI=1S/C15H24N4O2/c1-4-6-13-15(21)16-9-14(20)18(13)10-12-7-8-19(17-12)11(3)5-2/h7-8,11,13H,4-6,9-10H2,1-3H3,(H,16,21). The lowest BCUT2D eigenvalue weighted by atomic mass is 10.1. The Balaban J connectivity index is 2.12. The van der Waals surface area contributed by atoms with Crippen molar-refractivity contribution in [2.45, 2.75) is 58.7 Å². The van der Waals surface area contributed by atoms with Crippen LogP contribution >= 0.6 is 0 Å². The molecule has 1 N–H and O–H groups in total. The largest absolute Gasteiger partial charge is 0.345 e. The highest BCUT2D eigenvalue weighted by atomic mass is 16.2. The molecule has 1 saturated heterocycles. The molecule has 0 spiro atoms. The van der Waals surface area contributed by atoms with Crippen molar-refractivity contribution >= 4 is 11.8 Å². The molecule has 2 heterocycles. The summed E-state index contributed by atoms with van der Waals surface area (Å²) in [6.45, 7) is 6.73. The van der Waals surface area contributed by atoms with Crippen LogP contribution in [-0.4, -0.2) is 39.1 Å². The highest BCUT2D eigenvalue weighted by molar-refractivity contribution is 5.94. The summed E-state index contributed by atoms with van der Waals surface area (Å²) in [5, 5.41) is 7.18. The van der Waals surface area contributed by atoms with Crippen molar-refractivity contribution in [1.29, 1.82) is 0 Å². The molecule has 0 saturated carbocycles. The van der Waals surface area contributed by atoms with Crippen LogP contribution in [0.15, 0.2) is 12.3 Å². The quantitative estimate of drug-likeness (QED) is 0.863. The Morgan fingerprint density at radius 3 is 2.86 bits per heavy atom. The van der Waals surface area contributed by atoms with E-state index in [0.29, 0.717) is 19.0 Å². The molecule has 2 amide bonds. The summed E-state index contributed by atoms with van der Waals surface area (Å²) in [5.41, 5.74) is 0.833. The van der Waals surface area contributed by atoms with Gasteiger partial charge in [0.05, 0.1) is 18.8 Å². The highest BCUT2D eigenvalue weighted by Crippen LogP contribution is 2.16. The molecule has 1 aromatic heterocycles. The molecule has 1 aliphatic rings. The normalized spacial score (nSPS) is 20.5. The van der Waals surface area contributed by atoms with Crippen LogP contribution in [0.2, 0.25) is 0 Å². The Morgan fingerprint density at radius 1 is 1.43 bits per heavy atom. The SMILES string of the molecule is CCCC1C(=O)NCC(=O)N1Cc1ccn(C(C)CC)n1. The third-order valence-corrected chi connectivity index (χ3v) is 4.01. The van der Waals surface area contributed by atoms with E-state index in [1.807, 2.05) is 23.9 Å². The fourth-order valence-electron chi connectivity index (χ4n) is 2.52. The summed E-state index contributed by atoms with van der Waals surface area (Å²) in [6, 6.07) is 1.89. The van der Waals surface area contributed by atoms with Crippen LogP contribution in [0.5, 0.6) is 0 Å². The number of carbonyl (C=O) groups is 2.